The van der Waals surface area contributed by atoms with E-state index in [0.717, 1.165) is 5.56 Å². The lowest BCUT2D eigenvalue weighted by Gasteiger charge is -2.06. The van der Waals surface area contributed by atoms with E-state index in [1.807, 2.05) is 6.07 Å². The van der Waals surface area contributed by atoms with Gasteiger partial charge in [0.05, 0.1) is 16.7 Å². The fraction of sp³-hybridized carbons (Fsp3) is 0.227. The van der Waals surface area contributed by atoms with Crippen molar-refractivity contribution in [2.45, 2.75) is 25.4 Å². The largest absolute Gasteiger partial charge is 0.463 e. The molecular weight excluding hydrogens is 388 g/mol. The smallest absolute Gasteiger partial charge is 0.200 e. The molecule has 28 heavy (non-hydrogen) atoms. The zero-order valence-corrected chi connectivity index (χ0v) is 18.2. The molecule has 1 heterocycles. The molecule has 0 atom stereocenters. The van der Waals surface area contributed by atoms with Crippen LogP contribution in [0.15, 0.2) is 57.9 Å². The Kier molecular flexibility index (Phi) is 5.33. The van der Waals surface area contributed by atoms with Gasteiger partial charge in [0.25, 0.3) is 0 Å². The molecule has 2 aromatic carbocycles. The summed E-state index contributed by atoms with van der Waals surface area (Å²) in [6.45, 7) is 6.53. The van der Waals surface area contributed by atoms with Crippen LogP contribution in [0.2, 0.25) is 19.6 Å². The summed E-state index contributed by atoms with van der Waals surface area (Å²) in [6.07, 6.45) is 2.65. The van der Waals surface area contributed by atoms with Crippen LogP contribution in [0.3, 0.4) is 0 Å². The highest BCUT2D eigenvalue weighted by atomic mass is 32.2. The van der Waals surface area contributed by atoms with E-state index in [1.165, 1.54) is 12.5 Å². The lowest BCUT2D eigenvalue weighted by atomic mass is 10.0. The van der Waals surface area contributed by atoms with Crippen molar-refractivity contribution in [3.05, 3.63) is 70.1 Å². The molecule has 0 N–H and O–H groups in total. The van der Waals surface area contributed by atoms with Crippen LogP contribution in [0.4, 0.5) is 0 Å². The lowest BCUT2D eigenvalue weighted by molar-refractivity contribution is 0.601. The quantitative estimate of drug-likeness (QED) is 0.479. The SMILES string of the molecule is C[Si](C)(C)C#Cc1ccc2c(=O)c(-c3ccc(CS(C)(=O)=O)cc3)coc2c1. The van der Waals surface area contributed by atoms with Gasteiger partial charge in [-0.15, -0.1) is 5.54 Å². The summed E-state index contributed by atoms with van der Waals surface area (Å²) in [6, 6.07) is 12.3. The number of rotatable bonds is 3. The molecule has 0 radical (unpaired) electrons. The Balaban J connectivity index is 1.98. The first kappa shape index (κ1) is 20.1. The Bertz CT molecular complexity index is 1250. The second-order valence-electron chi connectivity index (χ2n) is 7.96. The van der Waals surface area contributed by atoms with Gasteiger partial charge in [-0.25, -0.2) is 8.42 Å². The molecule has 0 bridgehead atoms. The minimum absolute atomic E-state index is 0.0269. The second kappa shape index (κ2) is 7.42. The second-order valence-corrected chi connectivity index (χ2v) is 14.8. The van der Waals surface area contributed by atoms with Gasteiger partial charge < -0.3 is 4.42 Å². The lowest BCUT2D eigenvalue weighted by Crippen LogP contribution is -2.16. The molecule has 0 fully saturated rings. The molecular formula is C22H22O4SSi. The van der Waals surface area contributed by atoms with Gasteiger partial charge in [-0.3, -0.25) is 4.79 Å². The van der Waals surface area contributed by atoms with Crippen molar-refractivity contribution in [3.63, 3.8) is 0 Å². The maximum Gasteiger partial charge on any atom is 0.200 e. The van der Waals surface area contributed by atoms with Gasteiger partial charge in [0.2, 0.25) is 0 Å². The number of sulfone groups is 1. The van der Waals surface area contributed by atoms with Crippen LogP contribution in [-0.4, -0.2) is 22.7 Å². The molecule has 0 amide bonds. The van der Waals surface area contributed by atoms with E-state index in [0.29, 0.717) is 27.7 Å². The zero-order chi connectivity index (χ0) is 20.5. The van der Waals surface area contributed by atoms with E-state index in [1.54, 1.807) is 36.4 Å². The van der Waals surface area contributed by atoms with Gasteiger partial charge in [-0.2, -0.15) is 0 Å². The molecule has 4 nitrogen and oxygen atoms in total. The summed E-state index contributed by atoms with van der Waals surface area (Å²) in [7, 11) is -4.58. The third-order valence-corrected chi connectivity index (χ3v) is 5.78. The Hall–Kier alpha value is -2.62. The van der Waals surface area contributed by atoms with Crippen molar-refractivity contribution < 1.29 is 12.8 Å². The summed E-state index contributed by atoms with van der Waals surface area (Å²) in [5.74, 6) is 3.14. The summed E-state index contributed by atoms with van der Waals surface area (Å²) >= 11 is 0. The summed E-state index contributed by atoms with van der Waals surface area (Å²) < 4.78 is 28.5. The van der Waals surface area contributed by atoms with E-state index >= 15 is 0 Å². The first-order chi connectivity index (χ1) is 13.0. The molecule has 6 heteroatoms. The normalized spacial score (nSPS) is 11.9. The van der Waals surface area contributed by atoms with Crippen molar-refractivity contribution >= 4 is 28.9 Å². The van der Waals surface area contributed by atoms with E-state index in [9.17, 15) is 13.2 Å². The van der Waals surface area contributed by atoms with Gasteiger partial charge >= 0.3 is 0 Å². The van der Waals surface area contributed by atoms with Gasteiger partial charge in [0.1, 0.15) is 19.9 Å². The maximum atomic E-state index is 12.9. The fourth-order valence-electron chi connectivity index (χ4n) is 2.75. The highest BCUT2D eigenvalue weighted by Gasteiger charge is 2.11. The van der Waals surface area contributed by atoms with E-state index < -0.39 is 17.9 Å². The third kappa shape index (κ3) is 5.00. The minimum Gasteiger partial charge on any atom is -0.463 e. The molecule has 1 aromatic heterocycles. The van der Waals surface area contributed by atoms with Gasteiger partial charge in [-0.1, -0.05) is 49.8 Å². The van der Waals surface area contributed by atoms with Crippen LogP contribution in [0.1, 0.15) is 11.1 Å². The molecule has 0 unspecified atom stereocenters. The van der Waals surface area contributed by atoms with Crippen LogP contribution < -0.4 is 5.43 Å². The van der Waals surface area contributed by atoms with Crippen LogP contribution in [0.5, 0.6) is 0 Å². The van der Waals surface area contributed by atoms with Crippen LogP contribution in [0.25, 0.3) is 22.1 Å². The average Bonchev–Trinajstić information content (AvgIpc) is 2.59. The average molecular weight is 411 g/mol. The van der Waals surface area contributed by atoms with Crippen molar-refractivity contribution in [3.8, 4) is 22.6 Å². The predicted molar refractivity (Wildman–Crippen MR) is 117 cm³/mol. The Morgan fingerprint density at radius 2 is 1.71 bits per heavy atom. The predicted octanol–water partition coefficient (Wildman–Crippen LogP) is 4.23. The molecule has 0 saturated carbocycles. The topological polar surface area (TPSA) is 64.3 Å². The Morgan fingerprint density at radius 3 is 2.32 bits per heavy atom. The number of hydrogen-bond donors (Lipinski definition) is 0. The monoisotopic (exact) mass is 410 g/mol. The van der Waals surface area contributed by atoms with Gasteiger partial charge in [0.15, 0.2) is 15.3 Å². The molecule has 0 aliphatic heterocycles. The first-order valence-electron chi connectivity index (χ1n) is 8.88. The Labute approximate surface area is 166 Å². The minimum atomic E-state index is -3.10. The third-order valence-electron chi connectivity index (χ3n) is 4.05. The Morgan fingerprint density at radius 1 is 1.04 bits per heavy atom. The highest BCUT2D eigenvalue weighted by Crippen LogP contribution is 2.21. The first-order valence-corrected chi connectivity index (χ1v) is 14.4. The summed E-state index contributed by atoms with van der Waals surface area (Å²) in [4.78, 5) is 12.9. The number of benzene rings is 2. The van der Waals surface area contributed by atoms with E-state index in [2.05, 4.69) is 31.1 Å². The molecule has 0 spiro atoms. The van der Waals surface area contributed by atoms with Gasteiger partial charge in [0, 0.05) is 11.8 Å². The van der Waals surface area contributed by atoms with Crippen molar-refractivity contribution in [2.24, 2.45) is 0 Å². The highest BCUT2D eigenvalue weighted by molar-refractivity contribution is 7.89. The molecule has 0 saturated heterocycles. The van der Waals surface area contributed by atoms with Crippen LogP contribution in [0, 0.1) is 11.5 Å². The summed E-state index contributed by atoms with van der Waals surface area (Å²) in [5, 5.41) is 0.497. The summed E-state index contributed by atoms with van der Waals surface area (Å²) in [5.41, 5.74) is 6.33. The van der Waals surface area contributed by atoms with Crippen molar-refractivity contribution in [1.82, 2.24) is 0 Å². The van der Waals surface area contributed by atoms with Crippen molar-refractivity contribution in [2.75, 3.05) is 6.26 Å². The van der Waals surface area contributed by atoms with E-state index in [4.69, 9.17) is 4.42 Å². The van der Waals surface area contributed by atoms with Crippen molar-refractivity contribution in [1.29, 1.82) is 0 Å². The van der Waals surface area contributed by atoms with Crippen LogP contribution in [-0.2, 0) is 15.6 Å². The number of hydrogen-bond acceptors (Lipinski definition) is 4. The number of fused-ring (bicyclic) bond motifs is 1. The molecule has 0 aliphatic rings. The van der Waals surface area contributed by atoms with Crippen LogP contribution >= 0.6 is 0 Å². The standard InChI is InChI=1S/C22H22O4SSi/c1-27(24,25)15-17-5-8-18(9-6-17)20-14-26-21-13-16(11-12-28(2,3)4)7-10-19(21)22(20)23/h5-10,13-14H,15H2,1-4H3. The molecule has 144 valence electrons. The van der Waals surface area contributed by atoms with Gasteiger partial charge in [-0.05, 0) is 29.3 Å². The molecule has 3 aromatic rings. The van der Waals surface area contributed by atoms with E-state index in [-0.39, 0.29) is 11.2 Å². The molecule has 3 rings (SSSR count). The fourth-order valence-corrected chi connectivity index (χ4v) is 4.07. The maximum absolute atomic E-state index is 12.9. The zero-order valence-electron chi connectivity index (χ0n) is 16.4. The molecule has 0 aliphatic carbocycles.